The lowest BCUT2D eigenvalue weighted by molar-refractivity contribution is -0.143. The average molecular weight is 397 g/mol. The molecule has 2 heterocycles. The first kappa shape index (κ1) is 18.5. The number of nitrogens with one attached hydrogen (secondary N) is 1. The molecular weight excluding hydrogens is 379 g/mol. The molecule has 0 unspecified atom stereocenters. The molecule has 1 aromatic carbocycles. The van der Waals surface area contributed by atoms with Crippen LogP contribution in [-0.2, 0) is 4.79 Å². The molecule has 1 fully saturated rings. The minimum absolute atomic E-state index is 0.285. The fraction of sp³-hybridized carbons (Fsp3) is 0.353. The summed E-state index contributed by atoms with van der Waals surface area (Å²) in [5, 5.41) is 17.1. The van der Waals surface area contributed by atoms with Gasteiger partial charge < -0.3 is 10.0 Å². The second-order valence-electron chi connectivity index (χ2n) is 6.21. The highest BCUT2D eigenvalue weighted by molar-refractivity contribution is 6.42. The largest absolute Gasteiger partial charge is 0.481 e. The number of carboxylic acid groups (broad SMARTS) is 1. The van der Waals surface area contributed by atoms with Gasteiger partial charge in [-0.05, 0) is 38.0 Å². The Kier molecular flexibility index (Phi) is 5.38. The molecular formula is C17H18Cl2N4O3. The van der Waals surface area contributed by atoms with Gasteiger partial charge in [-0.1, -0.05) is 23.2 Å². The predicted octanol–water partition coefficient (Wildman–Crippen LogP) is 3.82. The standard InChI is InChI=1S/C17H18Cl2N4O3/c1-10-8-15(21-23(10)12-2-3-13(18)14(19)9-12)20-17(26)22-6-4-11(5-7-22)16(24)25/h2-3,8-9,11H,4-7H2,1H3,(H,24,25)(H,20,21,26). The van der Waals surface area contributed by atoms with E-state index in [1.807, 2.05) is 6.92 Å². The number of carbonyl (C=O) groups is 2. The van der Waals surface area contributed by atoms with Crippen LogP contribution in [0, 0.1) is 12.8 Å². The van der Waals surface area contributed by atoms with E-state index < -0.39 is 5.97 Å². The van der Waals surface area contributed by atoms with Crippen LogP contribution in [-0.4, -0.2) is 44.9 Å². The number of nitrogens with zero attached hydrogens (tertiary/aromatic N) is 3. The number of amides is 2. The highest BCUT2D eigenvalue weighted by Crippen LogP contribution is 2.26. The van der Waals surface area contributed by atoms with Crippen LogP contribution in [0.25, 0.3) is 5.69 Å². The minimum atomic E-state index is -0.805. The zero-order valence-electron chi connectivity index (χ0n) is 14.1. The summed E-state index contributed by atoms with van der Waals surface area (Å²) in [4.78, 5) is 25.0. The number of carbonyl (C=O) groups excluding carboxylic acids is 1. The van der Waals surface area contributed by atoms with Crippen molar-refractivity contribution in [2.75, 3.05) is 18.4 Å². The van der Waals surface area contributed by atoms with Gasteiger partial charge in [-0.15, -0.1) is 5.10 Å². The average Bonchev–Trinajstić information content (AvgIpc) is 2.97. The number of likely N-dealkylation sites (tertiary alicyclic amines) is 1. The van der Waals surface area contributed by atoms with E-state index in [-0.39, 0.29) is 11.9 Å². The Bertz CT molecular complexity index is 845. The number of aliphatic carboxylic acids is 1. The van der Waals surface area contributed by atoms with Gasteiger partial charge in [0.1, 0.15) is 0 Å². The Hall–Kier alpha value is -2.25. The maximum atomic E-state index is 12.4. The third-order valence-corrected chi connectivity index (χ3v) is 5.14. The van der Waals surface area contributed by atoms with Crippen LogP contribution < -0.4 is 5.32 Å². The number of rotatable bonds is 3. The lowest BCUT2D eigenvalue weighted by atomic mass is 9.97. The first-order valence-electron chi connectivity index (χ1n) is 8.16. The van der Waals surface area contributed by atoms with Crippen LogP contribution in [0.4, 0.5) is 10.6 Å². The molecule has 1 aliphatic heterocycles. The van der Waals surface area contributed by atoms with Gasteiger partial charge in [0.15, 0.2) is 5.82 Å². The fourth-order valence-corrected chi connectivity index (χ4v) is 3.22. The second-order valence-corrected chi connectivity index (χ2v) is 7.03. The molecule has 1 aromatic heterocycles. The zero-order valence-corrected chi connectivity index (χ0v) is 15.6. The van der Waals surface area contributed by atoms with Crippen LogP contribution in [0.15, 0.2) is 24.3 Å². The molecule has 1 saturated heterocycles. The van der Waals surface area contributed by atoms with Crippen molar-refractivity contribution in [3.05, 3.63) is 40.0 Å². The van der Waals surface area contributed by atoms with E-state index >= 15 is 0 Å². The van der Waals surface area contributed by atoms with Crippen molar-refractivity contribution in [1.82, 2.24) is 14.7 Å². The van der Waals surface area contributed by atoms with Gasteiger partial charge in [0.25, 0.3) is 0 Å². The number of urea groups is 1. The summed E-state index contributed by atoms with van der Waals surface area (Å²) >= 11 is 12.0. The lowest BCUT2D eigenvalue weighted by Crippen LogP contribution is -2.42. The van der Waals surface area contributed by atoms with Crippen LogP contribution in [0.2, 0.25) is 10.0 Å². The molecule has 3 rings (SSSR count). The SMILES string of the molecule is Cc1cc(NC(=O)N2CCC(C(=O)O)CC2)nn1-c1ccc(Cl)c(Cl)c1. The summed E-state index contributed by atoms with van der Waals surface area (Å²) in [5.41, 5.74) is 1.56. The Labute approximate surface area is 160 Å². The molecule has 0 saturated carbocycles. The van der Waals surface area contributed by atoms with E-state index in [1.54, 1.807) is 33.8 Å². The molecule has 1 aliphatic rings. The quantitative estimate of drug-likeness (QED) is 0.825. The van der Waals surface area contributed by atoms with Crippen molar-refractivity contribution in [3.63, 3.8) is 0 Å². The number of aromatic nitrogens is 2. The topological polar surface area (TPSA) is 87.5 Å². The van der Waals surface area contributed by atoms with Crippen molar-refractivity contribution in [2.45, 2.75) is 19.8 Å². The van der Waals surface area contributed by atoms with Crippen molar-refractivity contribution in [2.24, 2.45) is 5.92 Å². The first-order chi connectivity index (χ1) is 12.3. The molecule has 7 nitrogen and oxygen atoms in total. The maximum Gasteiger partial charge on any atom is 0.323 e. The van der Waals surface area contributed by atoms with E-state index in [9.17, 15) is 9.59 Å². The van der Waals surface area contributed by atoms with E-state index in [1.165, 1.54) is 0 Å². The minimum Gasteiger partial charge on any atom is -0.481 e. The van der Waals surface area contributed by atoms with Crippen LogP contribution in [0.5, 0.6) is 0 Å². The van der Waals surface area contributed by atoms with Crippen LogP contribution in [0.1, 0.15) is 18.5 Å². The molecule has 138 valence electrons. The van der Waals surface area contributed by atoms with Crippen LogP contribution >= 0.6 is 23.2 Å². The fourth-order valence-electron chi connectivity index (χ4n) is 2.93. The van der Waals surface area contributed by atoms with Crippen molar-refractivity contribution in [1.29, 1.82) is 0 Å². The predicted molar refractivity (Wildman–Crippen MR) is 99.3 cm³/mol. The second kappa shape index (κ2) is 7.55. The van der Waals surface area contributed by atoms with E-state index in [4.69, 9.17) is 28.3 Å². The first-order valence-corrected chi connectivity index (χ1v) is 8.91. The maximum absolute atomic E-state index is 12.4. The molecule has 2 N–H and O–H groups in total. The molecule has 0 bridgehead atoms. The number of anilines is 1. The highest BCUT2D eigenvalue weighted by atomic mass is 35.5. The molecule has 2 amide bonds. The van der Waals surface area contributed by atoms with Crippen LogP contribution in [0.3, 0.4) is 0 Å². The summed E-state index contributed by atoms with van der Waals surface area (Å²) in [7, 11) is 0. The van der Waals surface area contributed by atoms with Gasteiger partial charge in [0.05, 0.1) is 21.7 Å². The third kappa shape index (κ3) is 3.94. The molecule has 9 heteroatoms. The molecule has 2 aromatic rings. The Balaban J connectivity index is 1.68. The van der Waals surface area contributed by atoms with Gasteiger partial charge in [-0.2, -0.15) is 0 Å². The highest BCUT2D eigenvalue weighted by Gasteiger charge is 2.27. The Morgan fingerprint density at radius 3 is 2.50 bits per heavy atom. The summed E-state index contributed by atoms with van der Waals surface area (Å²) in [6, 6.07) is 6.64. The number of halogens is 2. The smallest absolute Gasteiger partial charge is 0.323 e. The van der Waals surface area contributed by atoms with E-state index in [0.717, 1.165) is 11.4 Å². The van der Waals surface area contributed by atoms with E-state index in [0.29, 0.717) is 41.8 Å². The van der Waals surface area contributed by atoms with Gasteiger partial charge in [-0.3, -0.25) is 10.1 Å². The van der Waals surface area contributed by atoms with Crippen molar-refractivity contribution in [3.8, 4) is 5.69 Å². The third-order valence-electron chi connectivity index (χ3n) is 4.40. The Morgan fingerprint density at radius 1 is 1.19 bits per heavy atom. The number of piperidine rings is 1. The summed E-state index contributed by atoms with van der Waals surface area (Å²) in [5.74, 6) is -0.768. The van der Waals surface area contributed by atoms with Gasteiger partial charge in [-0.25, -0.2) is 9.48 Å². The van der Waals surface area contributed by atoms with Crippen molar-refractivity contribution < 1.29 is 14.7 Å². The van der Waals surface area contributed by atoms with Crippen molar-refractivity contribution >= 4 is 41.0 Å². The number of hydrogen-bond acceptors (Lipinski definition) is 3. The lowest BCUT2D eigenvalue weighted by Gasteiger charge is -2.29. The molecule has 0 radical (unpaired) electrons. The molecule has 0 atom stereocenters. The summed E-state index contributed by atoms with van der Waals surface area (Å²) in [6.45, 7) is 2.69. The molecule has 26 heavy (non-hydrogen) atoms. The normalized spacial score (nSPS) is 15.1. The van der Waals surface area contributed by atoms with Gasteiger partial charge >= 0.3 is 12.0 Å². The van der Waals surface area contributed by atoms with E-state index in [2.05, 4.69) is 10.4 Å². The number of aryl methyl sites for hydroxylation is 1. The number of hydrogen-bond donors (Lipinski definition) is 2. The summed E-state index contributed by atoms with van der Waals surface area (Å²) in [6.07, 6.45) is 0.916. The van der Waals surface area contributed by atoms with Gasteiger partial charge in [0, 0.05) is 24.8 Å². The zero-order chi connectivity index (χ0) is 18.8. The Morgan fingerprint density at radius 2 is 1.88 bits per heavy atom. The number of carboxylic acids is 1. The molecule has 0 aliphatic carbocycles. The molecule has 0 spiro atoms. The number of benzene rings is 1. The summed E-state index contributed by atoms with van der Waals surface area (Å²) < 4.78 is 1.66. The van der Waals surface area contributed by atoms with Gasteiger partial charge in [0.2, 0.25) is 0 Å². The monoisotopic (exact) mass is 396 g/mol.